The monoisotopic (exact) mass is 246 g/mol. The van der Waals surface area contributed by atoms with E-state index in [-0.39, 0.29) is 29.0 Å². The summed E-state index contributed by atoms with van der Waals surface area (Å²) in [4.78, 5) is 11.4. The van der Waals surface area contributed by atoms with E-state index in [0.717, 1.165) is 5.56 Å². The fourth-order valence-electron chi connectivity index (χ4n) is 1.86. The molecule has 2 rings (SSSR count). The fraction of sp³-hybridized carbons (Fsp3) is 0.167. The van der Waals surface area contributed by atoms with Gasteiger partial charge < -0.3 is 10.4 Å². The summed E-state index contributed by atoms with van der Waals surface area (Å²) in [6.07, 6.45) is 0.191. The van der Waals surface area contributed by atoms with Crippen molar-refractivity contribution < 1.29 is 9.90 Å². The zero-order valence-corrected chi connectivity index (χ0v) is 9.74. The third-order valence-electron chi connectivity index (χ3n) is 2.64. The fourth-order valence-corrected chi connectivity index (χ4v) is 2.19. The number of hydrogen-bond acceptors (Lipinski definition) is 4. The lowest BCUT2D eigenvalue weighted by atomic mass is 9.87. The predicted molar refractivity (Wildman–Crippen MR) is 65.2 cm³/mol. The molecule has 1 heterocycles. The van der Waals surface area contributed by atoms with Crippen molar-refractivity contribution in [1.82, 2.24) is 5.32 Å². The summed E-state index contributed by atoms with van der Waals surface area (Å²) in [6, 6.07) is 8.62. The van der Waals surface area contributed by atoms with Gasteiger partial charge in [0.15, 0.2) is 0 Å². The lowest BCUT2D eigenvalue weighted by Gasteiger charge is -2.23. The average molecular weight is 246 g/mol. The summed E-state index contributed by atoms with van der Waals surface area (Å²) < 4.78 is 0. The highest BCUT2D eigenvalue weighted by atomic mass is 32.1. The van der Waals surface area contributed by atoms with Crippen LogP contribution in [0, 0.1) is 11.3 Å². The van der Waals surface area contributed by atoms with E-state index in [9.17, 15) is 9.90 Å². The second-order valence-corrected chi connectivity index (χ2v) is 4.22. The van der Waals surface area contributed by atoms with Gasteiger partial charge >= 0.3 is 0 Å². The quantitative estimate of drug-likeness (QED) is 0.660. The molecular formula is C12H10N2O2S. The van der Waals surface area contributed by atoms with Crippen LogP contribution in [0.25, 0.3) is 0 Å². The van der Waals surface area contributed by atoms with Crippen LogP contribution >= 0.6 is 12.6 Å². The maximum atomic E-state index is 11.4. The molecular weight excluding hydrogens is 236 g/mol. The molecule has 0 fully saturated rings. The Bertz CT molecular complexity index is 546. The van der Waals surface area contributed by atoms with Crippen LogP contribution < -0.4 is 5.32 Å². The van der Waals surface area contributed by atoms with Crippen molar-refractivity contribution in [2.24, 2.45) is 0 Å². The number of rotatable bonds is 1. The number of aromatic hydroxyl groups is 1. The zero-order chi connectivity index (χ0) is 12.4. The van der Waals surface area contributed by atoms with Crippen molar-refractivity contribution in [2.75, 3.05) is 0 Å². The van der Waals surface area contributed by atoms with Crippen LogP contribution in [0.2, 0.25) is 0 Å². The minimum Gasteiger partial charge on any atom is -0.508 e. The SMILES string of the molecule is N#CC1=C(S)NC(=O)CC1c1cccc(O)c1. The first-order chi connectivity index (χ1) is 8.11. The number of nitriles is 1. The van der Waals surface area contributed by atoms with E-state index in [0.29, 0.717) is 5.57 Å². The summed E-state index contributed by atoms with van der Waals surface area (Å²) in [5.41, 5.74) is 1.15. The summed E-state index contributed by atoms with van der Waals surface area (Å²) in [5.74, 6) is -0.401. The van der Waals surface area contributed by atoms with E-state index >= 15 is 0 Å². The van der Waals surface area contributed by atoms with E-state index in [2.05, 4.69) is 17.9 Å². The smallest absolute Gasteiger partial charge is 0.225 e. The molecule has 0 aliphatic carbocycles. The molecule has 1 atom stereocenters. The Morgan fingerprint density at radius 1 is 1.53 bits per heavy atom. The Balaban J connectivity index is 2.47. The van der Waals surface area contributed by atoms with Crippen LogP contribution in [0.5, 0.6) is 5.75 Å². The van der Waals surface area contributed by atoms with Crippen LogP contribution in [0.3, 0.4) is 0 Å². The van der Waals surface area contributed by atoms with Gasteiger partial charge in [0.1, 0.15) is 5.75 Å². The molecule has 0 spiro atoms. The average Bonchev–Trinajstić information content (AvgIpc) is 2.28. The van der Waals surface area contributed by atoms with Crippen LogP contribution in [-0.2, 0) is 4.79 Å². The molecule has 0 bridgehead atoms. The maximum absolute atomic E-state index is 11.4. The number of hydrogen-bond donors (Lipinski definition) is 3. The summed E-state index contributed by atoms with van der Waals surface area (Å²) in [7, 11) is 0. The van der Waals surface area contributed by atoms with Crippen molar-refractivity contribution in [1.29, 1.82) is 5.26 Å². The Morgan fingerprint density at radius 2 is 2.29 bits per heavy atom. The maximum Gasteiger partial charge on any atom is 0.225 e. The Hall–Kier alpha value is -1.93. The van der Waals surface area contributed by atoms with Gasteiger partial charge in [-0.15, -0.1) is 12.6 Å². The molecule has 2 N–H and O–H groups in total. The lowest BCUT2D eigenvalue weighted by molar-refractivity contribution is -0.120. The van der Waals surface area contributed by atoms with Crippen molar-refractivity contribution in [3.63, 3.8) is 0 Å². The van der Waals surface area contributed by atoms with Crippen LogP contribution in [0.4, 0.5) is 0 Å². The molecule has 1 unspecified atom stereocenters. The minimum atomic E-state index is -0.339. The van der Waals surface area contributed by atoms with Gasteiger partial charge in [0.05, 0.1) is 16.7 Å². The Kier molecular flexibility index (Phi) is 3.07. The molecule has 1 aliphatic heterocycles. The first-order valence-electron chi connectivity index (χ1n) is 5.04. The number of nitrogens with zero attached hydrogens (tertiary/aromatic N) is 1. The topological polar surface area (TPSA) is 73.1 Å². The van der Waals surface area contributed by atoms with Crippen LogP contribution in [0.15, 0.2) is 34.9 Å². The first kappa shape index (κ1) is 11.6. The standard InChI is InChI=1S/C12H10N2O2S/c13-6-10-9(5-11(16)14-12(10)17)7-2-1-3-8(15)4-7/h1-4,9,15,17H,5H2,(H,14,16). The second-order valence-electron chi connectivity index (χ2n) is 3.77. The molecule has 5 heteroatoms. The molecule has 0 radical (unpaired) electrons. The lowest BCUT2D eigenvalue weighted by Crippen LogP contribution is -2.29. The van der Waals surface area contributed by atoms with E-state index in [4.69, 9.17) is 5.26 Å². The van der Waals surface area contributed by atoms with Crippen LogP contribution in [-0.4, -0.2) is 11.0 Å². The van der Waals surface area contributed by atoms with Gasteiger partial charge in [-0.05, 0) is 17.7 Å². The third-order valence-corrected chi connectivity index (χ3v) is 3.00. The molecule has 17 heavy (non-hydrogen) atoms. The number of carbonyl (C=O) groups is 1. The molecule has 1 aliphatic rings. The largest absolute Gasteiger partial charge is 0.508 e. The van der Waals surface area contributed by atoms with Gasteiger partial charge in [-0.2, -0.15) is 5.26 Å². The molecule has 86 valence electrons. The number of phenolic OH excluding ortho intramolecular Hbond substituents is 1. The van der Waals surface area contributed by atoms with Gasteiger partial charge in [-0.3, -0.25) is 4.79 Å². The van der Waals surface area contributed by atoms with Crippen molar-refractivity contribution in [3.8, 4) is 11.8 Å². The highest BCUT2D eigenvalue weighted by Crippen LogP contribution is 2.34. The van der Waals surface area contributed by atoms with E-state index in [1.807, 2.05) is 6.07 Å². The summed E-state index contributed by atoms with van der Waals surface area (Å²) >= 11 is 4.09. The number of benzene rings is 1. The van der Waals surface area contributed by atoms with E-state index in [1.165, 1.54) is 0 Å². The van der Waals surface area contributed by atoms with E-state index in [1.54, 1.807) is 24.3 Å². The van der Waals surface area contributed by atoms with Crippen molar-refractivity contribution in [2.45, 2.75) is 12.3 Å². The van der Waals surface area contributed by atoms with E-state index < -0.39 is 0 Å². The zero-order valence-electron chi connectivity index (χ0n) is 8.84. The summed E-state index contributed by atoms with van der Waals surface area (Å²) in [5, 5.41) is 21.3. The van der Waals surface area contributed by atoms with Gasteiger partial charge in [-0.25, -0.2) is 0 Å². The first-order valence-corrected chi connectivity index (χ1v) is 5.48. The second kappa shape index (κ2) is 4.52. The van der Waals surface area contributed by atoms with Crippen molar-refractivity contribution in [3.05, 3.63) is 40.4 Å². The highest BCUT2D eigenvalue weighted by molar-refractivity contribution is 7.84. The molecule has 4 nitrogen and oxygen atoms in total. The Labute approximate surface area is 104 Å². The minimum absolute atomic E-state index is 0.117. The number of carbonyl (C=O) groups excluding carboxylic acids is 1. The molecule has 0 saturated heterocycles. The molecule has 0 saturated carbocycles. The van der Waals surface area contributed by atoms with Crippen molar-refractivity contribution >= 4 is 18.5 Å². The molecule has 0 aromatic heterocycles. The third kappa shape index (κ3) is 2.27. The number of amides is 1. The molecule has 1 amide bonds. The van der Waals surface area contributed by atoms with Gasteiger partial charge in [0.25, 0.3) is 0 Å². The van der Waals surface area contributed by atoms with Gasteiger partial charge in [0, 0.05) is 12.3 Å². The normalized spacial score (nSPS) is 19.8. The number of allylic oxidation sites excluding steroid dienone is 1. The predicted octanol–water partition coefficient (Wildman–Crippen LogP) is 1.66. The highest BCUT2D eigenvalue weighted by Gasteiger charge is 2.27. The summed E-state index contributed by atoms with van der Waals surface area (Å²) in [6.45, 7) is 0. The molecule has 1 aromatic carbocycles. The number of nitrogens with one attached hydrogen (secondary N) is 1. The Morgan fingerprint density at radius 3 is 2.94 bits per heavy atom. The van der Waals surface area contributed by atoms with Crippen LogP contribution in [0.1, 0.15) is 17.9 Å². The number of phenols is 1. The van der Waals surface area contributed by atoms with Gasteiger partial charge in [-0.1, -0.05) is 12.1 Å². The van der Waals surface area contributed by atoms with Gasteiger partial charge in [0.2, 0.25) is 5.91 Å². The number of thiol groups is 1. The molecule has 1 aromatic rings.